The molecule has 69 heavy (non-hydrogen) atoms. The summed E-state index contributed by atoms with van der Waals surface area (Å²) in [5.41, 5.74) is -13.0. The molecule has 1 N–H and O–H groups in total. The van der Waals surface area contributed by atoms with E-state index in [1.54, 1.807) is 93.6 Å². The first-order chi connectivity index (χ1) is 42.4. The van der Waals surface area contributed by atoms with Crippen molar-refractivity contribution in [3.05, 3.63) is 167 Å². The summed E-state index contributed by atoms with van der Waals surface area (Å²) in [6.07, 6.45) is -0.659. The van der Waals surface area contributed by atoms with Crippen molar-refractivity contribution in [2.24, 2.45) is 5.41 Å². The summed E-state index contributed by atoms with van der Waals surface area (Å²) in [6, 6.07) is 27.3. The molecule has 0 bridgehead atoms. The second-order valence-corrected chi connectivity index (χ2v) is 20.4. The molecule has 8 aromatic rings. The first kappa shape index (κ1) is 27.1. The Kier molecular flexibility index (Phi) is 7.33. The van der Waals surface area contributed by atoms with E-state index in [4.69, 9.17) is 41.5 Å². The van der Waals surface area contributed by atoms with Gasteiger partial charge in [-0.2, -0.15) is 0 Å². The van der Waals surface area contributed by atoms with Gasteiger partial charge in [-0.05, 0) is 110 Å². The number of phenols is 1. The van der Waals surface area contributed by atoms with Crippen LogP contribution in [-0.4, -0.2) is 19.6 Å². The van der Waals surface area contributed by atoms with Gasteiger partial charge in [0.1, 0.15) is 11.6 Å². The molecule has 5 heteroatoms. The van der Waals surface area contributed by atoms with Gasteiger partial charge >= 0.3 is 0 Å². The SMILES string of the molecule is [2H]c1cc(C([2H])([2H])C(C)(C)C)cc(C([2H])([2H])[2H])c1-c1ccnc(-c2[c-]c(-c3cccc4c3nc(-c3c([2H])c(C(C([2H])([2H])[2H])(C([2H])([2H])[2H])C([2H])([2H])[2H])c([2H])c(C(C([2H])([2H])[2H])(C([2H])([2H])[2H])C([2H])([2H])[2H])c3O)n4-c3ccc(C(C)(C)C)cc3-c3ccccc3)cc(C(C)(C)C)c2)c1.[Pt]. The van der Waals surface area contributed by atoms with Crippen LogP contribution in [-0.2, 0) is 49.1 Å². The molecule has 0 amide bonds. The Morgan fingerprint density at radius 1 is 0.638 bits per heavy atom. The summed E-state index contributed by atoms with van der Waals surface area (Å²) in [5.74, 6) is -2.52. The molecule has 0 radical (unpaired) electrons. The Morgan fingerprint density at radius 2 is 1.35 bits per heavy atom. The number of benzene rings is 6. The van der Waals surface area contributed by atoms with Crippen molar-refractivity contribution in [2.75, 3.05) is 0 Å². The quantitative estimate of drug-likeness (QED) is 0.162. The van der Waals surface area contributed by atoms with E-state index in [2.05, 4.69) is 6.07 Å². The van der Waals surface area contributed by atoms with E-state index in [0.29, 0.717) is 22.3 Å². The number of imidazole rings is 1. The third-order valence-electron chi connectivity index (χ3n) is 11.6. The maximum Gasteiger partial charge on any atom is 0.148 e. The van der Waals surface area contributed by atoms with Crippen LogP contribution in [0.2, 0.25) is 0 Å². The average Bonchev–Trinajstić information content (AvgIpc) is 1.10. The van der Waals surface area contributed by atoms with E-state index in [1.807, 2.05) is 47.6 Å². The summed E-state index contributed by atoms with van der Waals surface area (Å²) in [4.78, 5) is 9.78. The van der Waals surface area contributed by atoms with Crippen molar-refractivity contribution in [1.29, 1.82) is 0 Å². The normalized spacial score (nSPS) is 19.7. The zero-order chi connectivity index (χ0) is 71.2. The van der Waals surface area contributed by atoms with Gasteiger partial charge in [-0.25, -0.2) is 4.98 Å². The van der Waals surface area contributed by atoms with Gasteiger partial charge < -0.3 is 5.11 Å². The molecule has 0 spiro atoms. The van der Waals surface area contributed by atoms with Gasteiger partial charge in [-0.1, -0.05) is 193 Å². The first-order valence-electron chi connectivity index (χ1n) is 35.2. The molecular weight excluding hydrogens is 1020 g/mol. The number of fused-ring (bicyclic) bond motifs is 1. The number of aromatic nitrogens is 3. The largest absolute Gasteiger partial charge is 0.507 e. The van der Waals surface area contributed by atoms with E-state index < -0.39 is 122 Å². The molecule has 0 aliphatic carbocycles. The van der Waals surface area contributed by atoms with Gasteiger partial charge in [0.05, 0.1) is 26.4 Å². The van der Waals surface area contributed by atoms with E-state index in [9.17, 15) is 9.22 Å². The minimum Gasteiger partial charge on any atom is -0.507 e. The number of hydrogen-bond donors (Lipinski definition) is 1. The zero-order valence-corrected chi connectivity index (χ0v) is 42.3. The molecule has 4 nitrogen and oxygen atoms in total. The minimum atomic E-state index is -4.49. The fourth-order valence-electron chi connectivity index (χ4n) is 8.18. The first-order valence-corrected chi connectivity index (χ1v) is 22.2. The topological polar surface area (TPSA) is 50.9 Å². The second-order valence-electron chi connectivity index (χ2n) is 20.4. The molecule has 0 saturated heterocycles. The second kappa shape index (κ2) is 18.6. The smallest absolute Gasteiger partial charge is 0.148 e. The van der Waals surface area contributed by atoms with Gasteiger partial charge in [0.25, 0.3) is 0 Å². The molecule has 0 atom stereocenters. The Bertz CT molecular complexity index is 4090. The number of aryl methyl sites for hydroxylation is 1. The summed E-state index contributed by atoms with van der Waals surface area (Å²) in [7, 11) is 0. The summed E-state index contributed by atoms with van der Waals surface area (Å²) in [5, 5.41) is 13.3. The van der Waals surface area contributed by atoms with Crippen molar-refractivity contribution < 1.29 is 61.8 Å². The minimum absolute atomic E-state index is 0. The van der Waals surface area contributed by atoms with Gasteiger partial charge in [0, 0.05) is 75.6 Å². The van der Waals surface area contributed by atoms with Gasteiger partial charge in [-0.15, -0.1) is 29.3 Å². The van der Waals surface area contributed by atoms with Crippen LogP contribution in [0, 0.1) is 18.3 Å². The van der Waals surface area contributed by atoms with Crippen LogP contribution < -0.4 is 0 Å². The molecule has 2 heterocycles. The molecular formula is C64H72N3OPt-. The van der Waals surface area contributed by atoms with Crippen LogP contribution in [0.25, 0.3) is 72.7 Å². The molecule has 0 fully saturated rings. The number of para-hydroxylation sites is 1. The van der Waals surface area contributed by atoms with Crippen LogP contribution in [0.3, 0.4) is 0 Å². The summed E-state index contributed by atoms with van der Waals surface area (Å²) in [6.45, 7) is -12.6. The van der Waals surface area contributed by atoms with Crippen molar-refractivity contribution in [3.8, 4) is 67.5 Å². The monoisotopic (exact) mass is 1120 g/mol. The third-order valence-corrected chi connectivity index (χ3v) is 11.6. The fourth-order valence-corrected chi connectivity index (χ4v) is 8.18. The van der Waals surface area contributed by atoms with E-state index >= 15 is 0 Å². The van der Waals surface area contributed by atoms with E-state index in [0.717, 1.165) is 5.56 Å². The van der Waals surface area contributed by atoms with Gasteiger partial charge in [-0.3, -0.25) is 9.55 Å². The molecule has 0 saturated carbocycles. The van der Waals surface area contributed by atoms with Gasteiger partial charge in [0.15, 0.2) is 0 Å². The Hall–Kier alpha value is -5.57. The Balaban J connectivity index is 0.0000128. The van der Waals surface area contributed by atoms with E-state index in [-0.39, 0.29) is 82.9 Å². The predicted octanol–water partition coefficient (Wildman–Crippen LogP) is 17.3. The van der Waals surface area contributed by atoms with Crippen LogP contribution >= 0.6 is 0 Å². The van der Waals surface area contributed by atoms with Crippen LogP contribution in [0.15, 0.2) is 127 Å². The summed E-state index contributed by atoms with van der Waals surface area (Å²) < 4.78 is 233. The standard InChI is InChI=1S/C64H72N3O.Pt/c1-40-31-41(39-60(2,3)4)25-27-49(40)43-29-30-65-54(35-43)45-32-44(33-47(34-45)62(8,9)10)50-23-20-24-56-57(50)66-59(52-37-48(63(11,12)13)38-53(58(52)68)64(14,15)16)67(56)55-28-26-46(61(5,6)7)36-51(55)42-21-18-17-19-22-42;/h17-31,33-38,68H,39H2,1-16H3;/q-1;/i1D3,11D3,12D3,13D3,14D3,15D3,16D3,27D,37D,38D,39D2;. The molecule has 0 unspecified atom stereocenters. The molecule has 360 valence electrons. The van der Waals surface area contributed by atoms with Crippen molar-refractivity contribution in [2.45, 2.75) is 138 Å². The molecule has 2 aromatic heterocycles. The maximum absolute atomic E-state index is 13.3. The number of aromatic hydroxyl groups is 1. The number of hydrogen-bond acceptors (Lipinski definition) is 3. The van der Waals surface area contributed by atoms with Crippen molar-refractivity contribution in [1.82, 2.24) is 14.5 Å². The van der Waals surface area contributed by atoms with Crippen molar-refractivity contribution >= 4 is 11.0 Å². The number of nitrogens with zero attached hydrogens (tertiary/aromatic N) is 3. The van der Waals surface area contributed by atoms with Crippen LogP contribution in [0.4, 0.5) is 0 Å². The van der Waals surface area contributed by atoms with E-state index in [1.165, 1.54) is 35.0 Å². The number of phenolic OH excluding ortho intramolecular Hbond substituents is 1. The fraction of sp³-hybridized carbons (Fsp3) is 0.344. The predicted molar refractivity (Wildman–Crippen MR) is 289 cm³/mol. The molecule has 6 aromatic carbocycles. The Morgan fingerprint density at radius 3 is 2.01 bits per heavy atom. The third kappa shape index (κ3) is 10.8. The molecule has 0 aliphatic rings. The summed E-state index contributed by atoms with van der Waals surface area (Å²) >= 11 is 0. The Labute approximate surface area is 464 Å². The average molecular weight is 1120 g/mol. The number of rotatable bonds is 7. The maximum atomic E-state index is 13.3. The number of pyridine rings is 1. The zero-order valence-electron chi connectivity index (χ0n) is 66.0. The molecule has 0 aliphatic heterocycles. The van der Waals surface area contributed by atoms with Crippen LogP contribution in [0.1, 0.15) is 172 Å². The van der Waals surface area contributed by atoms with Crippen LogP contribution in [0.5, 0.6) is 5.75 Å². The van der Waals surface area contributed by atoms with Gasteiger partial charge in [0.2, 0.25) is 0 Å². The van der Waals surface area contributed by atoms with Crippen molar-refractivity contribution in [3.63, 3.8) is 0 Å². The molecule has 8 rings (SSSR count).